The van der Waals surface area contributed by atoms with Crippen molar-refractivity contribution in [2.45, 2.75) is 51.4 Å². The minimum Gasteiger partial charge on any atom is -0.371 e. The lowest BCUT2D eigenvalue weighted by atomic mass is 9.69. The summed E-state index contributed by atoms with van der Waals surface area (Å²) in [6, 6.07) is 14.8. The highest BCUT2D eigenvalue weighted by Crippen LogP contribution is 2.49. The van der Waals surface area contributed by atoms with Gasteiger partial charge in [0.2, 0.25) is 0 Å². The van der Waals surface area contributed by atoms with Crippen molar-refractivity contribution < 1.29 is 0 Å². The molecule has 1 N–H and O–H groups in total. The van der Waals surface area contributed by atoms with Crippen molar-refractivity contribution in [1.82, 2.24) is 0 Å². The predicted octanol–water partition coefficient (Wildman–Crippen LogP) is 5.30. The largest absolute Gasteiger partial charge is 0.371 e. The van der Waals surface area contributed by atoms with Crippen molar-refractivity contribution in [1.29, 1.82) is 0 Å². The van der Waals surface area contributed by atoms with E-state index in [9.17, 15) is 0 Å². The van der Waals surface area contributed by atoms with Crippen LogP contribution >= 0.6 is 0 Å². The number of para-hydroxylation sites is 1. The third-order valence-corrected chi connectivity index (χ3v) is 6.10. The number of hydrogen-bond donors (Lipinski definition) is 1. The Labute approximate surface area is 157 Å². The molecule has 0 unspecified atom stereocenters. The van der Waals surface area contributed by atoms with Crippen molar-refractivity contribution in [3.63, 3.8) is 0 Å². The maximum atomic E-state index is 4.48. The molecule has 0 saturated heterocycles. The van der Waals surface area contributed by atoms with E-state index in [1.165, 1.54) is 48.3 Å². The standard InChI is InChI=1S/C23H29N3/c1-22(2)10-12-26-13-11-23(3,4)20-15-17(14-19(22)21(20)26)16-24-25-18-8-6-5-7-9-18/h5-9,14-16,25H,10-13H2,1-4H3. The smallest absolute Gasteiger partial charge is 0.0561 e. The minimum atomic E-state index is 0.213. The lowest BCUT2D eigenvalue weighted by molar-refractivity contribution is 0.401. The molecule has 0 aliphatic carbocycles. The molecular formula is C23H29N3. The van der Waals surface area contributed by atoms with E-state index < -0.39 is 0 Å². The van der Waals surface area contributed by atoms with Crippen LogP contribution in [0.3, 0.4) is 0 Å². The normalized spacial score (nSPS) is 20.1. The first-order valence-corrected chi connectivity index (χ1v) is 9.65. The second kappa shape index (κ2) is 6.15. The number of nitrogens with zero attached hydrogens (tertiary/aromatic N) is 2. The molecule has 136 valence electrons. The first-order chi connectivity index (χ1) is 12.4. The fraction of sp³-hybridized carbons (Fsp3) is 0.435. The monoisotopic (exact) mass is 347 g/mol. The third-order valence-electron chi connectivity index (χ3n) is 6.10. The number of nitrogens with one attached hydrogen (secondary N) is 1. The molecule has 3 nitrogen and oxygen atoms in total. The highest BCUT2D eigenvalue weighted by Gasteiger charge is 2.39. The Morgan fingerprint density at radius 1 is 0.923 bits per heavy atom. The van der Waals surface area contributed by atoms with Crippen LogP contribution in [-0.4, -0.2) is 19.3 Å². The van der Waals surface area contributed by atoms with E-state index in [2.05, 4.69) is 55.3 Å². The molecule has 2 aromatic carbocycles. The van der Waals surface area contributed by atoms with Crippen LogP contribution in [-0.2, 0) is 10.8 Å². The summed E-state index contributed by atoms with van der Waals surface area (Å²) in [4.78, 5) is 2.60. The van der Waals surface area contributed by atoms with Gasteiger partial charge >= 0.3 is 0 Å². The third kappa shape index (κ3) is 3.00. The highest BCUT2D eigenvalue weighted by molar-refractivity contribution is 5.84. The summed E-state index contributed by atoms with van der Waals surface area (Å²) in [7, 11) is 0. The fourth-order valence-corrected chi connectivity index (χ4v) is 4.23. The molecule has 2 aliphatic heterocycles. The average Bonchev–Trinajstić information content (AvgIpc) is 2.61. The van der Waals surface area contributed by atoms with Gasteiger partial charge in [0.1, 0.15) is 0 Å². The summed E-state index contributed by atoms with van der Waals surface area (Å²) in [5, 5.41) is 4.48. The van der Waals surface area contributed by atoms with Gasteiger partial charge in [-0.15, -0.1) is 0 Å². The van der Waals surface area contributed by atoms with Crippen LogP contribution in [0.2, 0.25) is 0 Å². The van der Waals surface area contributed by atoms with E-state index in [0.29, 0.717) is 0 Å². The molecule has 0 bridgehead atoms. The van der Waals surface area contributed by atoms with Crippen molar-refractivity contribution in [3.05, 3.63) is 59.2 Å². The van der Waals surface area contributed by atoms with E-state index in [-0.39, 0.29) is 10.8 Å². The molecule has 0 saturated carbocycles. The van der Waals surface area contributed by atoms with Gasteiger partial charge in [-0.2, -0.15) is 5.10 Å². The molecule has 2 aliphatic rings. The molecule has 0 atom stereocenters. The number of rotatable bonds is 3. The van der Waals surface area contributed by atoms with E-state index >= 15 is 0 Å². The highest BCUT2D eigenvalue weighted by atomic mass is 15.3. The first-order valence-electron chi connectivity index (χ1n) is 9.65. The number of hydrogen-bond acceptors (Lipinski definition) is 3. The molecule has 2 aromatic rings. The maximum Gasteiger partial charge on any atom is 0.0561 e. The van der Waals surface area contributed by atoms with Crippen LogP contribution in [0.4, 0.5) is 11.4 Å². The lowest BCUT2D eigenvalue weighted by Crippen LogP contribution is -2.44. The van der Waals surface area contributed by atoms with Crippen molar-refractivity contribution in [3.8, 4) is 0 Å². The Morgan fingerprint density at radius 3 is 2.08 bits per heavy atom. The summed E-state index contributed by atoms with van der Waals surface area (Å²) in [6.07, 6.45) is 4.38. The van der Waals surface area contributed by atoms with Crippen LogP contribution < -0.4 is 10.3 Å². The Balaban J connectivity index is 1.73. The van der Waals surface area contributed by atoms with Gasteiger partial charge in [-0.25, -0.2) is 0 Å². The Morgan fingerprint density at radius 2 is 1.50 bits per heavy atom. The zero-order chi connectivity index (χ0) is 18.4. The summed E-state index contributed by atoms with van der Waals surface area (Å²) in [6.45, 7) is 11.9. The quantitative estimate of drug-likeness (QED) is 0.602. The summed E-state index contributed by atoms with van der Waals surface area (Å²) in [5.41, 5.74) is 10.2. The van der Waals surface area contributed by atoms with Crippen molar-refractivity contribution in [2.75, 3.05) is 23.4 Å². The fourth-order valence-electron chi connectivity index (χ4n) is 4.23. The van der Waals surface area contributed by atoms with Crippen LogP contribution in [0.15, 0.2) is 47.6 Å². The first kappa shape index (κ1) is 17.1. The molecular weight excluding hydrogens is 318 g/mol. The lowest BCUT2D eigenvalue weighted by Gasteiger charge is -2.48. The van der Waals surface area contributed by atoms with Crippen LogP contribution in [0.25, 0.3) is 0 Å². The predicted molar refractivity (Wildman–Crippen MR) is 112 cm³/mol. The van der Waals surface area contributed by atoms with Crippen LogP contribution in [0.1, 0.15) is 57.2 Å². The van der Waals surface area contributed by atoms with Crippen molar-refractivity contribution in [2.24, 2.45) is 5.10 Å². The van der Waals surface area contributed by atoms with Crippen LogP contribution in [0, 0.1) is 0 Å². The summed E-state index contributed by atoms with van der Waals surface area (Å²) in [5.74, 6) is 0. The van der Waals surface area contributed by atoms with E-state index in [0.717, 1.165) is 5.69 Å². The van der Waals surface area contributed by atoms with Gasteiger partial charge in [-0.1, -0.05) is 45.9 Å². The maximum absolute atomic E-state index is 4.48. The molecule has 0 radical (unpaired) electrons. The van der Waals surface area contributed by atoms with Gasteiger partial charge in [0, 0.05) is 18.8 Å². The van der Waals surface area contributed by atoms with E-state index in [1.807, 2.05) is 36.5 Å². The molecule has 26 heavy (non-hydrogen) atoms. The Bertz CT molecular complexity index is 793. The molecule has 0 aromatic heterocycles. The summed E-state index contributed by atoms with van der Waals surface area (Å²) >= 11 is 0. The molecule has 0 fully saturated rings. The Hall–Kier alpha value is -2.29. The minimum absolute atomic E-state index is 0.213. The van der Waals surface area contributed by atoms with Gasteiger partial charge in [0.25, 0.3) is 0 Å². The number of hydrazone groups is 1. The Kier molecular flexibility index (Phi) is 4.06. The zero-order valence-corrected chi connectivity index (χ0v) is 16.3. The summed E-state index contributed by atoms with van der Waals surface area (Å²) < 4.78 is 0. The zero-order valence-electron chi connectivity index (χ0n) is 16.3. The second-order valence-corrected chi connectivity index (χ2v) is 8.96. The SMILES string of the molecule is CC1(C)CCN2CCC(C)(C)c3cc(C=NNc4ccccc4)cc1c32. The van der Waals surface area contributed by atoms with Crippen LogP contribution in [0.5, 0.6) is 0 Å². The molecule has 2 heterocycles. The van der Waals surface area contributed by atoms with Gasteiger partial charge in [0.15, 0.2) is 0 Å². The molecule has 0 amide bonds. The second-order valence-electron chi connectivity index (χ2n) is 8.96. The van der Waals surface area contributed by atoms with Gasteiger partial charge < -0.3 is 4.90 Å². The molecule has 0 spiro atoms. The van der Waals surface area contributed by atoms with Gasteiger partial charge in [0.05, 0.1) is 11.9 Å². The topological polar surface area (TPSA) is 27.6 Å². The molecule has 4 rings (SSSR count). The van der Waals surface area contributed by atoms with Gasteiger partial charge in [-0.05, 0) is 64.6 Å². The van der Waals surface area contributed by atoms with Crippen molar-refractivity contribution >= 4 is 17.6 Å². The molecule has 3 heteroatoms. The number of anilines is 2. The van der Waals surface area contributed by atoms with Gasteiger partial charge in [-0.3, -0.25) is 5.43 Å². The number of benzene rings is 2. The average molecular weight is 348 g/mol. The van der Waals surface area contributed by atoms with E-state index in [4.69, 9.17) is 0 Å². The van der Waals surface area contributed by atoms with E-state index in [1.54, 1.807) is 0 Å².